The van der Waals surface area contributed by atoms with Gasteiger partial charge < -0.3 is 5.11 Å². The van der Waals surface area contributed by atoms with Gasteiger partial charge in [-0.2, -0.15) is 13.2 Å². The fraction of sp³-hybridized carbons (Fsp3) is 0.0667. The standard InChI is InChI=1S/C15H9F3N2O/c16-15(17,18)11-5-2-6-12-14(11)19-8-13(20-12)9-3-1-4-10(21)7-9/h1-8,21H. The number of phenols is 1. The summed E-state index contributed by atoms with van der Waals surface area (Å²) in [7, 11) is 0. The molecule has 0 spiro atoms. The van der Waals surface area contributed by atoms with Crippen molar-refractivity contribution in [3.8, 4) is 17.0 Å². The van der Waals surface area contributed by atoms with E-state index in [4.69, 9.17) is 0 Å². The second kappa shape index (κ2) is 4.73. The highest BCUT2D eigenvalue weighted by Gasteiger charge is 2.33. The molecule has 1 heterocycles. The Bertz CT molecular complexity index is 815. The van der Waals surface area contributed by atoms with Crippen LogP contribution in [0.3, 0.4) is 0 Å². The van der Waals surface area contributed by atoms with Gasteiger partial charge in [0.15, 0.2) is 0 Å². The Morgan fingerprint density at radius 1 is 1.00 bits per heavy atom. The SMILES string of the molecule is Oc1cccc(-c2cnc3c(C(F)(F)F)cccc3n2)c1. The first kappa shape index (κ1) is 13.4. The van der Waals surface area contributed by atoms with Crippen molar-refractivity contribution in [1.29, 1.82) is 0 Å². The molecule has 21 heavy (non-hydrogen) atoms. The monoisotopic (exact) mass is 290 g/mol. The van der Waals surface area contributed by atoms with E-state index in [1.54, 1.807) is 12.1 Å². The molecule has 0 unspecified atom stereocenters. The maximum atomic E-state index is 12.9. The lowest BCUT2D eigenvalue weighted by Gasteiger charge is -2.10. The molecule has 3 nitrogen and oxygen atoms in total. The highest BCUT2D eigenvalue weighted by atomic mass is 19.4. The van der Waals surface area contributed by atoms with Crippen LogP contribution in [0.15, 0.2) is 48.7 Å². The third-order valence-electron chi connectivity index (χ3n) is 3.02. The molecule has 2 aromatic carbocycles. The van der Waals surface area contributed by atoms with Crippen LogP contribution < -0.4 is 0 Å². The number of benzene rings is 2. The van der Waals surface area contributed by atoms with Gasteiger partial charge in [0.2, 0.25) is 0 Å². The number of hydrogen-bond acceptors (Lipinski definition) is 3. The Morgan fingerprint density at radius 2 is 1.76 bits per heavy atom. The zero-order valence-corrected chi connectivity index (χ0v) is 10.6. The lowest BCUT2D eigenvalue weighted by atomic mass is 10.1. The Morgan fingerprint density at radius 3 is 2.48 bits per heavy atom. The number of aromatic hydroxyl groups is 1. The van der Waals surface area contributed by atoms with Crippen LogP contribution in [0.1, 0.15) is 5.56 Å². The molecule has 0 radical (unpaired) electrons. The molecule has 0 saturated carbocycles. The van der Waals surface area contributed by atoms with Crippen molar-refractivity contribution in [2.45, 2.75) is 6.18 Å². The maximum absolute atomic E-state index is 12.9. The van der Waals surface area contributed by atoms with Gasteiger partial charge in [-0.3, -0.25) is 4.98 Å². The number of hydrogen-bond donors (Lipinski definition) is 1. The molecule has 0 bridgehead atoms. The van der Waals surface area contributed by atoms with Crippen molar-refractivity contribution in [2.75, 3.05) is 0 Å². The zero-order chi connectivity index (χ0) is 15.0. The zero-order valence-electron chi connectivity index (χ0n) is 10.6. The summed E-state index contributed by atoms with van der Waals surface area (Å²) >= 11 is 0. The van der Waals surface area contributed by atoms with Gasteiger partial charge in [0.1, 0.15) is 11.3 Å². The van der Waals surface area contributed by atoms with Crippen LogP contribution in [-0.4, -0.2) is 15.1 Å². The average Bonchev–Trinajstić information content (AvgIpc) is 2.45. The minimum Gasteiger partial charge on any atom is -0.508 e. The largest absolute Gasteiger partial charge is 0.508 e. The average molecular weight is 290 g/mol. The molecule has 3 rings (SSSR count). The van der Waals surface area contributed by atoms with Crippen molar-refractivity contribution in [3.05, 3.63) is 54.2 Å². The number of phenolic OH excluding ortho intramolecular Hbond substituents is 1. The van der Waals surface area contributed by atoms with Crippen LogP contribution in [0.2, 0.25) is 0 Å². The number of alkyl halides is 3. The summed E-state index contributed by atoms with van der Waals surface area (Å²) in [5, 5.41) is 9.44. The number of fused-ring (bicyclic) bond motifs is 1. The first-order valence-electron chi connectivity index (χ1n) is 6.07. The van der Waals surface area contributed by atoms with Crippen LogP contribution in [0.4, 0.5) is 13.2 Å². The molecule has 0 atom stereocenters. The van der Waals surface area contributed by atoms with Gasteiger partial charge >= 0.3 is 6.18 Å². The van der Waals surface area contributed by atoms with Crippen molar-refractivity contribution >= 4 is 11.0 Å². The summed E-state index contributed by atoms with van der Waals surface area (Å²) < 4.78 is 38.7. The van der Waals surface area contributed by atoms with Crippen LogP contribution in [0.5, 0.6) is 5.75 Å². The molecule has 0 aliphatic carbocycles. The van der Waals surface area contributed by atoms with E-state index in [-0.39, 0.29) is 16.8 Å². The predicted octanol–water partition coefficient (Wildman–Crippen LogP) is 4.02. The van der Waals surface area contributed by atoms with E-state index in [0.717, 1.165) is 6.07 Å². The third-order valence-corrected chi connectivity index (χ3v) is 3.02. The molecule has 0 saturated heterocycles. The van der Waals surface area contributed by atoms with Crippen molar-refractivity contribution in [2.24, 2.45) is 0 Å². The topological polar surface area (TPSA) is 46.0 Å². The van der Waals surface area contributed by atoms with E-state index in [1.165, 1.54) is 30.5 Å². The summed E-state index contributed by atoms with van der Waals surface area (Å²) in [6.07, 6.45) is -3.20. The predicted molar refractivity (Wildman–Crippen MR) is 71.6 cm³/mol. The Hall–Kier alpha value is -2.63. The van der Waals surface area contributed by atoms with E-state index >= 15 is 0 Å². The smallest absolute Gasteiger partial charge is 0.418 e. The summed E-state index contributed by atoms with van der Waals surface area (Å²) in [6.45, 7) is 0. The van der Waals surface area contributed by atoms with E-state index in [1.807, 2.05) is 0 Å². The van der Waals surface area contributed by atoms with E-state index in [0.29, 0.717) is 11.3 Å². The normalized spacial score (nSPS) is 11.8. The number of para-hydroxylation sites is 1. The molecule has 3 aromatic rings. The first-order chi connectivity index (χ1) is 9.95. The van der Waals surface area contributed by atoms with E-state index < -0.39 is 11.7 Å². The van der Waals surface area contributed by atoms with Crippen molar-refractivity contribution in [3.63, 3.8) is 0 Å². The highest BCUT2D eigenvalue weighted by molar-refractivity contribution is 5.80. The van der Waals surface area contributed by atoms with E-state index in [9.17, 15) is 18.3 Å². The fourth-order valence-electron chi connectivity index (χ4n) is 2.07. The fourth-order valence-corrected chi connectivity index (χ4v) is 2.07. The Labute approximate surface area is 117 Å². The van der Waals surface area contributed by atoms with Crippen LogP contribution in [0, 0.1) is 0 Å². The second-order valence-electron chi connectivity index (χ2n) is 4.48. The molecule has 1 N–H and O–H groups in total. The molecular formula is C15H9F3N2O. The number of aromatic nitrogens is 2. The van der Waals surface area contributed by atoms with Crippen molar-refractivity contribution in [1.82, 2.24) is 9.97 Å². The summed E-state index contributed by atoms with van der Waals surface area (Å²) in [5.74, 6) is 0.0541. The molecule has 106 valence electrons. The minimum atomic E-state index is -4.47. The van der Waals surface area contributed by atoms with E-state index in [2.05, 4.69) is 9.97 Å². The molecule has 0 aliphatic rings. The Balaban J connectivity index is 2.18. The number of nitrogens with zero attached hydrogens (tertiary/aromatic N) is 2. The maximum Gasteiger partial charge on any atom is 0.418 e. The molecule has 6 heteroatoms. The summed E-state index contributed by atoms with van der Waals surface area (Å²) in [6, 6.07) is 10.1. The van der Waals surface area contributed by atoms with Crippen molar-refractivity contribution < 1.29 is 18.3 Å². The van der Waals surface area contributed by atoms with Crippen LogP contribution in [-0.2, 0) is 6.18 Å². The molecule has 0 amide bonds. The van der Waals surface area contributed by atoms with Gasteiger partial charge in [-0.05, 0) is 24.3 Å². The lowest BCUT2D eigenvalue weighted by molar-refractivity contribution is -0.136. The lowest BCUT2D eigenvalue weighted by Crippen LogP contribution is -2.07. The van der Waals surface area contributed by atoms with Gasteiger partial charge in [0.05, 0.1) is 23.0 Å². The molecular weight excluding hydrogens is 281 g/mol. The van der Waals surface area contributed by atoms with Gasteiger partial charge in [-0.15, -0.1) is 0 Å². The molecule has 0 fully saturated rings. The van der Waals surface area contributed by atoms with Gasteiger partial charge in [-0.1, -0.05) is 18.2 Å². The van der Waals surface area contributed by atoms with Crippen LogP contribution >= 0.6 is 0 Å². The summed E-state index contributed by atoms with van der Waals surface area (Å²) in [4.78, 5) is 8.08. The quantitative estimate of drug-likeness (QED) is 0.736. The van der Waals surface area contributed by atoms with Crippen LogP contribution in [0.25, 0.3) is 22.3 Å². The number of rotatable bonds is 1. The minimum absolute atomic E-state index is 0.0541. The highest BCUT2D eigenvalue weighted by Crippen LogP contribution is 2.34. The van der Waals surface area contributed by atoms with Gasteiger partial charge in [-0.25, -0.2) is 4.98 Å². The third kappa shape index (κ3) is 2.52. The number of halogens is 3. The first-order valence-corrected chi connectivity index (χ1v) is 6.07. The summed E-state index contributed by atoms with van der Waals surface area (Å²) in [5.41, 5.74) is 0.147. The van der Waals surface area contributed by atoms with Gasteiger partial charge in [0.25, 0.3) is 0 Å². The second-order valence-corrected chi connectivity index (χ2v) is 4.48. The Kier molecular flexibility index (Phi) is 3.01. The molecule has 1 aromatic heterocycles. The molecule has 0 aliphatic heterocycles. The van der Waals surface area contributed by atoms with Gasteiger partial charge in [0, 0.05) is 5.56 Å².